The molecule has 2 fully saturated rings. The number of rotatable bonds is 3. The van der Waals surface area contributed by atoms with Gasteiger partial charge in [-0.2, -0.15) is 0 Å². The molecular formula is C17H21ClN3O4+. The van der Waals surface area contributed by atoms with Crippen LogP contribution in [0, 0.1) is 0 Å². The first-order valence-corrected chi connectivity index (χ1v) is 8.78. The molecule has 3 amide bonds. The van der Waals surface area contributed by atoms with Crippen molar-refractivity contribution in [2.75, 3.05) is 37.7 Å². The fourth-order valence-electron chi connectivity index (χ4n) is 3.38. The molecule has 1 atom stereocenters. The summed E-state index contributed by atoms with van der Waals surface area (Å²) in [5, 5.41) is 0.381. The fraction of sp³-hybridized carbons (Fsp3) is 0.471. The Bertz CT molecular complexity index is 688. The summed E-state index contributed by atoms with van der Waals surface area (Å²) >= 11 is 6.14. The first-order chi connectivity index (χ1) is 12.0. The molecule has 2 aliphatic rings. The van der Waals surface area contributed by atoms with Gasteiger partial charge in [-0.25, -0.2) is 9.69 Å². The van der Waals surface area contributed by atoms with E-state index in [2.05, 4.69) is 0 Å². The summed E-state index contributed by atoms with van der Waals surface area (Å²) in [7, 11) is 0. The van der Waals surface area contributed by atoms with Crippen LogP contribution in [-0.2, 0) is 14.3 Å². The molecule has 2 heterocycles. The summed E-state index contributed by atoms with van der Waals surface area (Å²) < 4.78 is 5.00. The first-order valence-electron chi connectivity index (χ1n) is 8.40. The number of hydrogen-bond donors (Lipinski definition) is 1. The third-order valence-corrected chi connectivity index (χ3v) is 4.98. The van der Waals surface area contributed by atoms with E-state index in [0.29, 0.717) is 43.5 Å². The van der Waals surface area contributed by atoms with Crippen LogP contribution in [0.2, 0.25) is 5.02 Å². The highest BCUT2D eigenvalue weighted by Crippen LogP contribution is 2.29. The van der Waals surface area contributed by atoms with Crippen molar-refractivity contribution in [3.63, 3.8) is 0 Å². The van der Waals surface area contributed by atoms with E-state index < -0.39 is 6.04 Å². The van der Waals surface area contributed by atoms with Gasteiger partial charge >= 0.3 is 6.09 Å². The Hall–Kier alpha value is -2.12. The zero-order chi connectivity index (χ0) is 18.0. The van der Waals surface area contributed by atoms with Crippen LogP contribution in [0.1, 0.15) is 13.3 Å². The number of benzene rings is 1. The molecule has 2 aliphatic heterocycles. The average Bonchev–Trinajstić information content (AvgIpc) is 2.90. The largest absolute Gasteiger partial charge is 0.450 e. The van der Waals surface area contributed by atoms with Crippen molar-refractivity contribution in [1.29, 1.82) is 0 Å². The van der Waals surface area contributed by atoms with Crippen molar-refractivity contribution in [2.24, 2.45) is 0 Å². The minimum Gasteiger partial charge on any atom is -0.450 e. The number of hydrogen-bond acceptors (Lipinski definition) is 4. The number of carbonyl (C=O) groups is 3. The summed E-state index contributed by atoms with van der Waals surface area (Å²) in [6.07, 6.45) is -0.160. The quantitative estimate of drug-likeness (QED) is 0.783. The van der Waals surface area contributed by atoms with Crippen molar-refractivity contribution in [3.8, 4) is 0 Å². The maximum Gasteiger partial charge on any atom is 0.410 e. The number of nitrogens with zero attached hydrogens (tertiary/aromatic N) is 2. The highest BCUT2D eigenvalue weighted by Gasteiger charge is 2.47. The molecule has 1 aromatic rings. The van der Waals surface area contributed by atoms with Gasteiger partial charge in [0.25, 0.3) is 5.91 Å². The normalized spacial score (nSPS) is 21.8. The lowest BCUT2D eigenvalue weighted by Crippen LogP contribution is -3.19. The molecule has 1 aromatic carbocycles. The van der Waals surface area contributed by atoms with E-state index in [1.807, 2.05) is 0 Å². The first kappa shape index (κ1) is 17.7. The van der Waals surface area contributed by atoms with Gasteiger partial charge in [0, 0.05) is 0 Å². The molecule has 0 bridgehead atoms. The number of piperazine rings is 1. The van der Waals surface area contributed by atoms with E-state index in [1.54, 1.807) is 36.1 Å². The second-order valence-corrected chi connectivity index (χ2v) is 6.53. The summed E-state index contributed by atoms with van der Waals surface area (Å²) in [6.45, 7) is 4.36. The number of ether oxygens (including phenoxy) is 1. The highest BCUT2D eigenvalue weighted by molar-refractivity contribution is 6.36. The standard InChI is InChI=1S/C17H20ClN3O4/c1-2-25-17(24)20-9-7-19(8-10-20)14-11-15(22)21(16(14)23)13-6-4-3-5-12(13)18/h3-6,14H,2,7-11H2,1H3/p+1/t14-/m0/s1. The SMILES string of the molecule is CCOC(=O)N1CC[NH+]([C@H]2CC(=O)N(c3ccccc3Cl)C2=O)CC1. The zero-order valence-corrected chi connectivity index (χ0v) is 14.8. The number of carbonyl (C=O) groups excluding carboxylic acids is 3. The van der Waals surface area contributed by atoms with Crippen LogP contribution in [0.3, 0.4) is 0 Å². The predicted molar refractivity (Wildman–Crippen MR) is 91.6 cm³/mol. The van der Waals surface area contributed by atoms with Gasteiger partial charge in [0.15, 0.2) is 6.04 Å². The molecule has 3 rings (SSSR count). The Kier molecular flexibility index (Phi) is 5.24. The molecule has 134 valence electrons. The van der Waals surface area contributed by atoms with E-state index in [4.69, 9.17) is 16.3 Å². The maximum absolute atomic E-state index is 12.8. The highest BCUT2D eigenvalue weighted by atomic mass is 35.5. The van der Waals surface area contributed by atoms with Crippen molar-refractivity contribution in [2.45, 2.75) is 19.4 Å². The number of imide groups is 1. The summed E-state index contributed by atoms with van der Waals surface area (Å²) in [6, 6.07) is 6.42. The van der Waals surface area contributed by atoms with Gasteiger partial charge in [0.2, 0.25) is 5.91 Å². The third kappa shape index (κ3) is 3.48. The average molecular weight is 367 g/mol. The molecule has 1 N–H and O–H groups in total. The van der Waals surface area contributed by atoms with Crippen molar-refractivity contribution < 1.29 is 24.0 Å². The third-order valence-electron chi connectivity index (χ3n) is 4.66. The molecule has 0 spiro atoms. The van der Waals surface area contributed by atoms with E-state index in [0.717, 1.165) is 4.90 Å². The van der Waals surface area contributed by atoms with Crippen LogP contribution in [0.15, 0.2) is 24.3 Å². The summed E-state index contributed by atoms with van der Waals surface area (Å²) in [5.74, 6) is -0.457. The molecule has 7 nitrogen and oxygen atoms in total. The molecular weight excluding hydrogens is 346 g/mol. The lowest BCUT2D eigenvalue weighted by molar-refractivity contribution is -0.918. The lowest BCUT2D eigenvalue weighted by atomic mass is 10.2. The van der Waals surface area contributed by atoms with E-state index in [1.165, 1.54) is 4.90 Å². The fourth-order valence-corrected chi connectivity index (χ4v) is 3.60. The van der Waals surface area contributed by atoms with Crippen LogP contribution in [0.4, 0.5) is 10.5 Å². The zero-order valence-electron chi connectivity index (χ0n) is 14.0. The molecule has 25 heavy (non-hydrogen) atoms. The van der Waals surface area contributed by atoms with Crippen LogP contribution >= 0.6 is 11.6 Å². The molecule has 0 saturated carbocycles. The van der Waals surface area contributed by atoms with Gasteiger partial charge in [-0.15, -0.1) is 0 Å². The Morgan fingerprint density at radius 3 is 2.60 bits per heavy atom. The Morgan fingerprint density at radius 2 is 1.96 bits per heavy atom. The Morgan fingerprint density at radius 1 is 1.28 bits per heavy atom. The summed E-state index contributed by atoms with van der Waals surface area (Å²) in [5.41, 5.74) is 0.436. The van der Waals surface area contributed by atoms with Crippen molar-refractivity contribution >= 4 is 35.2 Å². The van der Waals surface area contributed by atoms with Crippen molar-refractivity contribution in [3.05, 3.63) is 29.3 Å². The van der Waals surface area contributed by atoms with E-state index in [9.17, 15) is 14.4 Å². The Labute approximate surface area is 151 Å². The van der Waals surface area contributed by atoms with Crippen molar-refractivity contribution in [1.82, 2.24) is 4.90 Å². The second kappa shape index (κ2) is 7.41. The van der Waals surface area contributed by atoms with Gasteiger partial charge in [0.05, 0.1) is 49.9 Å². The monoisotopic (exact) mass is 366 g/mol. The van der Waals surface area contributed by atoms with E-state index >= 15 is 0 Å². The molecule has 2 saturated heterocycles. The summed E-state index contributed by atoms with van der Waals surface area (Å²) in [4.78, 5) is 40.8. The van der Waals surface area contributed by atoms with Crippen LogP contribution in [0.25, 0.3) is 0 Å². The Balaban J connectivity index is 1.67. The van der Waals surface area contributed by atoms with E-state index in [-0.39, 0.29) is 24.3 Å². The van der Waals surface area contributed by atoms with Gasteiger partial charge < -0.3 is 9.64 Å². The molecule has 0 unspecified atom stereocenters. The van der Waals surface area contributed by atoms with Gasteiger partial charge in [0.1, 0.15) is 0 Å². The second-order valence-electron chi connectivity index (χ2n) is 6.12. The number of amides is 3. The lowest BCUT2D eigenvalue weighted by Gasteiger charge is -2.33. The number of nitrogens with one attached hydrogen (secondary N) is 1. The van der Waals surface area contributed by atoms with Crippen LogP contribution < -0.4 is 9.80 Å². The number of para-hydroxylation sites is 1. The maximum atomic E-state index is 12.8. The van der Waals surface area contributed by atoms with Gasteiger partial charge in [-0.05, 0) is 19.1 Å². The molecule has 0 aromatic heterocycles. The number of anilines is 1. The minimum atomic E-state index is -0.423. The van der Waals surface area contributed by atoms with Gasteiger partial charge in [-0.1, -0.05) is 23.7 Å². The predicted octanol–water partition coefficient (Wildman–Crippen LogP) is 0.329. The number of halogens is 1. The smallest absolute Gasteiger partial charge is 0.410 e. The minimum absolute atomic E-state index is 0.165. The molecule has 8 heteroatoms. The topological polar surface area (TPSA) is 71.4 Å². The van der Waals surface area contributed by atoms with Gasteiger partial charge in [-0.3, -0.25) is 14.5 Å². The molecule has 0 radical (unpaired) electrons. The molecule has 0 aliphatic carbocycles. The van der Waals surface area contributed by atoms with Crippen LogP contribution in [-0.4, -0.2) is 61.6 Å². The number of quaternary nitrogens is 1. The van der Waals surface area contributed by atoms with Crippen LogP contribution in [0.5, 0.6) is 0 Å².